The van der Waals surface area contributed by atoms with Crippen molar-refractivity contribution in [3.63, 3.8) is 0 Å². The molecule has 0 saturated heterocycles. The molecule has 0 fully saturated rings. The first kappa shape index (κ1) is 16.8. The van der Waals surface area contributed by atoms with E-state index in [9.17, 15) is 0 Å². The van der Waals surface area contributed by atoms with Crippen molar-refractivity contribution in [2.75, 3.05) is 13.1 Å². The van der Waals surface area contributed by atoms with Crippen LogP contribution in [0.2, 0.25) is 0 Å². The highest BCUT2D eigenvalue weighted by Crippen LogP contribution is 2.21. The van der Waals surface area contributed by atoms with Crippen molar-refractivity contribution in [2.24, 2.45) is 4.99 Å². The number of hydrogen-bond acceptors (Lipinski definition) is 2. The predicted octanol–water partition coefficient (Wildman–Crippen LogP) is 4.39. The van der Waals surface area contributed by atoms with Gasteiger partial charge in [-0.15, -0.1) is 0 Å². The van der Waals surface area contributed by atoms with E-state index in [-0.39, 0.29) is 0 Å². The third-order valence-corrected chi connectivity index (χ3v) is 4.95. The van der Waals surface area contributed by atoms with E-state index < -0.39 is 0 Å². The molecule has 1 aliphatic rings. The molecule has 1 N–H and O–H groups in total. The Balaban J connectivity index is 1.88. The summed E-state index contributed by atoms with van der Waals surface area (Å²) < 4.78 is 0. The molecule has 0 radical (unpaired) electrons. The van der Waals surface area contributed by atoms with Crippen LogP contribution < -0.4 is 5.32 Å². The first-order valence-electron chi connectivity index (χ1n) is 9.14. The van der Waals surface area contributed by atoms with E-state index in [1.165, 1.54) is 33.4 Å². The largest absolute Gasteiger partial charge is 0.370 e. The molecule has 0 amide bonds. The smallest absolute Gasteiger partial charge is 0.128 e. The molecule has 0 saturated carbocycles. The quantitative estimate of drug-likeness (QED) is 0.868. The molecule has 0 aliphatic carbocycles. The van der Waals surface area contributed by atoms with Crippen molar-refractivity contribution in [2.45, 2.75) is 46.5 Å². The summed E-state index contributed by atoms with van der Waals surface area (Å²) in [6.45, 7) is 8.62. The topological polar surface area (TPSA) is 24.4 Å². The van der Waals surface area contributed by atoms with E-state index in [4.69, 9.17) is 4.99 Å². The Morgan fingerprint density at radius 1 is 1.04 bits per heavy atom. The van der Waals surface area contributed by atoms with Crippen LogP contribution in [0.5, 0.6) is 0 Å². The minimum absolute atomic E-state index is 0.938. The monoisotopic (exact) mass is 320 g/mol. The van der Waals surface area contributed by atoms with Gasteiger partial charge in [-0.25, -0.2) is 0 Å². The van der Waals surface area contributed by atoms with E-state index in [0.29, 0.717) is 0 Å². The zero-order chi connectivity index (χ0) is 16.9. The average molecular weight is 320 g/mol. The number of nitrogens with one attached hydrogen (secondary N) is 1. The normalized spacial score (nSPS) is 14.2. The Morgan fingerprint density at radius 2 is 1.92 bits per heavy atom. The highest BCUT2D eigenvalue weighted by Gasteiger charge is 2.14. The Morgan fingerprint density at radius 3 is 2.67 bits per heavy atom. The van der Waals surface area contributed by atoms with Gasteiger partial charge in [0.15, 0.2) is 0 Å². The summed E-state index contributed by atoms with van der Waals surface area (Å²) >= 11 is 0. The zero-order valence-electron chi connectivity index (χ0n) is 15.2. The molecule has 3 rings (SSSR count). The van der Waals surface area contributed by atoms with Crippen LogP contribution in [0.15, 0.2) is 41.4 Å². The molecule has 2 nitrogen and oxygen atoms in total. The third kappa shape index (κ3) is 3.69. The fourth-order valence-corrected chi connectivity index (χ4v) is 3.56. The molecule has 2 aromatic carbocycles. The van der Waals surface area contributed by atoms with E-state index in [1.54, 1.807) is 0 Å². The SMILES string of the molecule is CCc1ccc(C)cc1CCc1c(C)cccc1C1=NCCCN1. The van der Waals surface area contributed by atoms with Crippen LogP contribution in [0, 0.1) is 13.8 Å². The van der Waals surface area contributed by atoms with Crippen LogP contribution in [-0.2, 0) is 19.3 Å². The number of aryl methyl sites for hydroxylation is 4. The van der Waals surface area contributed by atoms with Gasteiger partial charge in [-0.3, -0.25) is 4.99 Å². The van der Waals surface area contributed by atoms with Crippen LogP contribution in [0.4, 0.5) is 0 Å². The maximum absolute atomic E-state index is 4.71. The molecule has 2 aromatic rings. The summed E-state index contributed by atoms with van der Waals surface area (Å²) in [7, 11) is 0. The molecular formula is C22H28N2. The maximum atomic E-state index is 4.71. The standard InChI is InChI=1S/C22H28N2/c1-4-18-10-9-16(2)15-19(18)11-12-20-17(3)7-5-8-21(20)22-23-13-6-14-24-22/h5,7-10,15H,4,6,11-14H2,1-3H3,(H,23,24). The molecular weight excluding hydrogens is 292 g/mol. The maximum Gasteiger partial charge on any atom is 0.128 e. The summed E-state index contributed by atoms with van der Waals surface area (Å²) in [5.74, 6) is 1.08. The van der Waals surface area contributed by atoms with Gasteiger partial charge in [0.05, 0.1) is 0 Å². The van der Waals surface area contributed by atoms with E-state index >= 15 is 0 Å². The Kier molecular flexibility index (Phi) is 5.34. The minimum Gasteiger partial charge on any atom is -0.370 e. The number of amidine groups is 1. The lowest BCUT2D eigenvalue weighted by Gasteiger charge is -2.19. The van der Waals surface area contributed by atoms with Crippen LogP contribution in [0.3, 0.4) is 0 Å². The van der Waals surface area contributed by atoms with Gasteiger partial charge in [0.25, 0.3) is 0 Å². The molecule has 0 spiro atoms. The molecule has 0 aromatic heterocycles. The van der Waals surface area contributed by atoms with Crippen LogP contribution in [-0.4, -0.2) is 18.9 Å². The molecule has 126 valence electrons. The van der Waals surface area contributed by atoms with Crippen molar-refractivity contribution < 1.29 is 0 Å². The van der Waals surface area contributed by atoms with Crippen molar-refractivity contribution in [1.82, 2.24) is 5.32 Å². The highest BCUT2D eigenvalue weighted by atomic mass is 15.0. The first-order valence-corrected chi connectivity index (χ1v) is 9.14. The number of hydrogen-bond donors (Lipinski definition) is 1. The second kappa shape index (κ2) is 7.65. The van der Waals surface area contributed by atoms with Gasteiger partial charge in [0.1, 0.15) is 5.84 Å². The molecule has 1 heterocycles. The van der Waals surface area contributed by atoms with Gasteiger partial charge >= 0.3 is 0 Å². The molecule has 0 atom stereocenters. The number of rotatable bonds is 5. The van der Waals surface area contributed by atoms with E-state index in [1.807, 2.05) is 0 Å². The van der Waals surface area contributed by atoms with Gasteiger partial charge in [0, 0.05) is 18.7 Å². The van der Waals surface area contributed by atoms with E-state index in [0.717, 1.165) is 44.6 Å². The average Bonchev–Trinajstić information content (AvgIpc) is 2.61. The molecule has 1 aliphatic heterocycles. The van der Waals surface area contributed by atoms with Crippen molar-refractivity contribution >= 4 is 5.84 Å². The van der Waals surface area contributed by atoms with Crippen molar-refractivity contribution in [3.05, 3.63) is 69.8 Å². The number of benzene rings is 2. The Hall–Kier alpha value is -2.09. The minimum atomic E-state index is 0.938. The summed E-state index contributed by atoms with van der Waals surface area (Å²) in [5.41, 5.74) is 8.42. The molecule has 0 unspecified atom stereocenters. The fourth-order valence-electron chi connectivity index (χ4n) is 3.56. The summed E-state index contributed by atoms with van der Waals surface area (Å²) in [6.07, 6.45) is 4.40. The van der Waals surface area contributed by atoms with Crippen LogP contribution >= 0.6 is 0 Å². The molecule has 2 heteroatoms. The highest BCUT2D eigenvalue weighted by molar-refractivity contribution is 6.00. The lowest BCUT2D eigenvalue weighted by Crippen LogP contribution is -2.31. The van der Waals surface area contributed by atoms with Gasteiger partial charge in [0.2, 0.25) is 0 Å². The fraction of sp³-hybridized carbons (Fsp3) is 0.409. The molecule has 24 heavy (non-hydrogen) atoms. The van der Waals surface area contributed by atoms with Crippen LogP contribution in [0.25, 0.3) is 0 Å². The second-order valence-corrected chi connectivity index (χ2v) is 6.74. The lowest BCUT2D eigenvalue weighted by molar-refractivity contribution is 0.741. The number of aliphatic imine (C=N–C) groups is 1. The van der Waals surface area contributed by atoms with Gasteiger partial charge in [-0.1, -0.05) is 48.9 Å². The third-order valence-electron chi connectivity index (χ3n) is 4.95. The van der Waals surface area contributed by atoms with Gasteiger partial charge in [-0.2, -0.15) is 0 Å². The second-order valence-electron chi connectivity index (χ2n) is 6.74. The van der Waals surface area contributed by atoms with Crippen molar-refractivity contribution in [3.8, 4) is 0 Å². The summed E-state index contributed by atoms with van der Waals surface area (Å²) in [4.78, 5) is 4.71. The first-order chi connectivity index (χ1) is 11.7. The Bertz CT molecular complexity index is 744. The van der Waals surface area contributed by atoms with Crippen molar-refractivity contribution in [1.29, 1.82) is 0 Å². The zero-order valence-corrected chi connectivity index (χ0v) is 15.2. The molecule has 0 bridgehead atoms. The van der Waals surface area contributed by atoms with Crippen LogP contribution in [0.1, 0.15) is 46.7 Å². The summed E-state index contributed by atoms with van der Waals surface area (Å²) in [5, 5.41) is 3.48. The van der Waals surface area contributed by atoms with Gasteiger partial charge in [-0.05, 0) is 61.8 Å². The summed E-state index contributed by atoms with van der Waals surface area (Å²) in [6, 6.07) is 13.5. The van der Waals surface area contributed by atoms with E-state index in [2.05, 4.69) is 62.5 Å². The number of nitrogens with zero attached hydrogens (tertiary/aromatic N) is 1. The van der Waals surface area contributed by atoms with Gasteiger partial charge < -0.3 is 5.32 Å². The lowest BCUT2D eigenvalue weighted by atomic mass is 9.92. The predicted molar refractivity (Wildman–Crippen MR) is 103 cm³/mol. The Labute approximate surface area is 146 Å².